The molecule has 110 valence electrons. The Kier molecular flexibility index (Phi) is 6.01. The van der Waals surface area contributed by atoms with Crippen LogP contribution in [-0.2, 0) is 13.1 Å². The summed E-state index contributed by atoms with van der Waals surface area (Å²) in [5.41, 5.74) is 1.29. The predicted molar refractivity (Wildman–Crippen MR) is 78.8 cm³/mol. The summed E-state index contributed by atoms with van der Waals surface area (Å²) in [7, 11) is 2.12. The quantitative estimate of drug-likeness (QED) is 0.825. The molecule has 0 saturated heterocycles. The second-order valence-electron chi connectivity index (χ2n) is 7.04. The Morgan fingerprint density at radius 3 is 2.63 bits per heavy atom. The van der Waals surface area contributed by atoms with Crippen molar-refractivity contribution in [3.8, 4) is 0 Å². The van der Waals surface area contributed by atoms with Gasteiger partial charge in [-0.2, -0.15) is 0 Å². The molecule has 4 heteroatoms. The first-order chi connectivity index (χ1) is 8.76. The number of nitrogens with one attached hydrogen (secondary N) is 1. The molecule has 4 nitrogen and oxygen atoms in total. The van der Waals surface area contributed by atoms with Crippen LogP contribution < -0.4 is 5.32 Å². The Hall–Kier alpha value is -0.870. The summed E-state index contributed by atoms with van der Waals surface area (Å²) in [6.45, 7) is 14.8. The Morgan fingerprint density at radius 1 is 1.37 bits per heavy atom. The number of aromatic nitrogens is 1. The standard InChI is InChI=1S/C15H29N3O/c1-12(2)8-16-9-13-7-14(19-17-13)10-18(6)11-15(3,4)5/h7,12,16H,8-11H2,1-6H3. The van der Waals surface area contributed by atoms with Crippen molar-refractivity contribution in [1.29, 1.82) is 0 Å². The zero-order valence-electron chi connectivity index (χ0n) is 13.3. The summed E-state index contributed by atoms with van der Waals surface area (Å²) in [4.78, 5) is 2.27. The maximum Gasteiger partial charge on any atom is 0.151 e. The van der Waals surface area contributed by atoms with E-state index in [4.69, 9.17) is 4.52 Å². The van der Waals surface area contributed by atoms with Crippen LogP contribution in [0.15, 0.2) is 10.6 Å². The third kappa shape index (κ3) is 7.33. The Balaban J connectivity index is 2.38. The molecule has 0 aliphatic carbocycles. The zero-order chi connectivity index (χ0) is 14.5. The van der Waals surface area contributed by atoms with E-state index in [0.29, 0.717) is 11.3 Å². The first-order valence-corrected chi connectivity index (χ1v) is 7.10. The maximum absolute atomic E-state index is 5.38. The van der Waals surface area contributed by atoms with Crippen molar-refractivity contribution < 1.29 is 4.52 Å². The van der Waals surface area contributed by atoms with E-state index in [1.807, 2.05) is 6.07 Å². The molecule has 1 rings (SSSR count). The topological polar surface area (TPSA) is 41.3 Å². The Morgan fingerprint density at radius 2 is 2.05 bits per heavy atom. The highest BCUT2D eigenvalue weighted by Crippen LogP contribution is 2.16. The molecule has 0 atom stereocenters. The van der Waals surface area contributed by atoms with E-state index in [-0.39, 0.29) is 0 Å². The lowest BCUT2D eigenvalue weighted by atomic mass is 9.96. The van der Waals surface area contributed by atoms with Crippen LogP contribution in [0.2, 0.25) is 0 Å². The first kappa shape index (κ1) is 16.2. The van der Waals surface area contributed by atoms with Crippen LogP contribution >= 0.6 is 0 Å². The van der Waals surface area contributed by atoms with E-state index in [2.05, 4.69) is 57.0 Å². The third-order valence-electron chi connectivity index (χ3n) is 2.64. The van der Waals surface area contributed by atoms with Crippen LogP contribution in [0.3, 0.4) is 0 Å². The van der Waals surface area contributed by atoms with E-state index in [9.17, 15) is 0 Å². The van der Waals surface area contributed by atoms with E-state index < -0.39 is 0 Å². The van der Waals surface area contributed by atoms with Gasteiger partial charge in [0.2, 0.25) is 0 Å². The average Bonchev–Trinajstić information content (AvgIpc) is 2.61. The van der Waals surface area contributed by atoms with E-state index >= 15 is 0 Å². The normalized spacial score (nSPS) is 12.6. The largest absolute Gasteiger partial charge is 0.360 e. The van der Waals surface area contributed by atoms with Crippen LogP contribution in [0, 0.1) is 11.3 Å². The van der Waals surface area contributed by atoms with Crippen molar-refractivity contribution in [2.45, 2.75) is 47.7 Å². The van der Waals surface area contributed by atoms with Crippen LogP contribution in [0.1, 0.15) is 46.1 Å². The van der Waals surface area contributed by atoms with Crippen LogP contribution in [-0.4, -0.2) is 30.2 Å². The summed E-state index contributed by atoms with van der Waals surface area (Å²) < 4.78 is 5.38. The molecule has 1 N–H and O–H groups in total. The van der Waals surface area contributed by atoms with Crippen molar-refractivity contribution in [3.05, 3.63) is 17.5 Å². The maximum atomic E-state index is 5.38. The molecule has 19 heavy (non-hydrogen) atoms. The molecular formula is C15H29N3O. The van der Waals surface area contributed by atoms with E-state index in [1.54, 1.807) is 0 Å². The fourth-order valence-electron chi connectivity index (χ4n) is 2.13. The van der Waals surface area contributed by atoms with Crippen molar-refractivity contribution in [2.75, 3.05) is 20.1 Å². The molecule has 1 heterocycles. The predicted octanol–water partition coefficient (Wildman–Crippen LogP) is 2.90. The van der Waals surface area contributed by atoms with E-state index in [0.717, 1.165) is 37.6 Å². The summed E-state index contributed by atoms with van der Waals surface area (Å²) in [6.07, 6.45) is 0. The molecule has 0 radical (unpaired) electrons. The summed E-state index contributed by atoms with van der Waals surface area (Å²) in [6, 6.07) is 2.05. The molecule has 0 aromatic carbocycles. The molecule has 1 aromatic rings. The van der Waals surface area contributed by atoms with Gasteiger partial charge in [0.15, 0.2) is 5.76 Å². The Labute approximate surface area is 117 Å². The fraction of sp³-hybridized carbons (Fsp3) is 0.800. The summed E-state index contributed by atoms with van der Waals surface area (Å²) in [5.74, 6) is 1.59. The molecule has 0 unspecified atom stereocenters. The highest BCUT2D eigenvalue weighted by molar-refractivity contribution is 5.05. The van der Waals surface area contributed by atoms with Gasteiger partial charge in [-0.05, 0) is 24.9 Å². The van der Waals surface area contributed by atoms with Gasteiger partial charge in [-0.1, -0.05) is 39.8 Å². The van der Waals surface area contributed by atoms with Gasteiger partial charge < -0.3 is 9.84 Å². The van der Waals surface area contributed by atoms with Gasteiger partial charge in [0.25, 0.3) is 0 Å². The number of rotatable bonds is 7. The summed E-state index contributed by atoms with van der Waals surface area (Å²) >= 11 is 0. The number of hydrogen-bond donors (Lipinski definition) is 1. The molecule has 0 saturated carbocycles. The van der Waals surface area contributed by atoms with Crippen LogP contribution in [0.4, 0.5) is 0 Å². The molecule has 0 spiro atoms. The van der Waals surface area contributed by atoms with E-state index in [1.165, 1.54) is 0 Å². The summed E-state index contributed by atoms with van der Waals surface area (Å²) in [5, 5.41) is 7.47. The molecular weight excluding hydrogens is 238 g/mol. The smallest absolute Gasteiger partial charge is 0.151 e. The molecule has 0 aliphatic rings. The van der Waals surface area contributed by atoms with Crippen LogP contribution in [0.25, 0.3) is 0 Å². The highest BCUT2D eigenvalue weighted by atomic mass is 16.5. The number of nitrogens with zero attached hydrogens (tertiary/aromatic N) is 2. The molecule has 0 fully saturated rings. The van der Waals surface area contributed by atoms with Crippen molar-refractivity contribution in [1.82, 2.24) is 15.4 Å². The first-order valence-electron chi connectivity index (χ1n) is 7.10. The van der Waals surface area contributed by atoms with Gasteiger partial charge in [-0.3, -0.25) is 4.90 Å². The lowest BCUT2D eigenvalue weighted by Gasteiger charge is -2.25. The van der Waals surface area contributed by atoms with Gasteiger partial charge in [0, 0.05) is 19.2 Å². The van der Waals surface area contributed by atoms with Crippen molar-refractivity contribution >= 4 is 0 Å². The third-order valence-corrected chi connectivity index (χ3v) is 2.64. The lowest BCUT2D eigenvalue weighted by Crippen LogP contribution is -2.28. The zero-order valence-corrected chi connectivity index (χ0v) is 13.3. The van der Waals surface area contributed by atoms with Gasteiger partial charge in [-0.25, -0.2) is 0 Å². The average molecular weight is 267 g/mol. The van der Waals surface area contributed by atoms with Gasteiger partial charge in [-0.15, -0.1) is 0 Å². The minimum atomic E-state index is 0.302. The SMILES string of the molecule is CC(C)CNCc1cc(CN(C)CC(C)(C)C)on1. The lowest BCUT2D eigenvalue weighted by molar-refractivity contribution is 0.200. The molecule has 0 bridgehead atoms. The second kappa shape index (κ2) is 7.06. The minimum Gasteiger partial charge on any atom is -0.360 e. The Bertz CT molecular complexity index is 366. The number of hydrogen-bond acceptors (Lipinski definition) is 4. The van der Waals surface area contributed by atoms with Crippen molar-refractivity contribution in [2.24, 2.45) is 11.3 Å². The van der Waals surface area contributed by atoms with Gasteiger partial charge in [0.05, 0.1) is 12.2 Å². The molecule has 0 amide bonds. The monoisotopic (exact) mass is 267 g/mol. The molecule has 1 aromatic heterocycles. The highest BCUT2D eigenvalue weighted by Gasteiger charge is 2.15. The molecule has 0 aliphatic heterocycles. The van der Waals surface area contributed by atoms with Crippen LogP contribution in [0.5, 0.6) is 0 Å². The second-order valence-corrected chi connectivity index (χ2v) is 7.04. The minimum absolute atomic E-state index is 0.302. The van der Waals surface area contributed by atoms with Gasteiger partial charge in [0.1, 0.15) is 0 Å². The van der Waals surface area contributed by atoms with Gasteiger partial charge >= 0.3 is 0 Å². The van der Waals surface area contributed by atoms with Crippen molar-refractivity contribution in [3.63, 3.8) is 0 Å². The fourth-order valence-corrected chi connectivity index (χ4v) is 2.13.